The van der Waals surface area contributed by atoms with E-state index in [1.807, 2.05) is 36.4 Å². The van der Waals surface area contributed by atoms with Gasteiger partial charge in [-0.3, -0.25) is 14.9 Å². The average Bonchev–Trinajstić information content (AvgIpc) is 3.06. The van der Waals surface area contributed by atoms with Gasteiger partial charge in [-0.05, 0) is 29.5 Å². The molecule has 1 aromatic carbocycles. The molecule has 0 aliphatic carbocycles. The van der Waals surface area contributed by atoms with Gasteiger partial charge in [0.1, 0.15) is 4.92 Å². The summed E-state index contributed by atoms with van der Waals surface area (Å²) in [7, 11) is 0. The number of carbonyl (C=O) groups is 1. The number of allylic oxidation sites excluding steroid dienone is 1. The van der Waals surface area contributed by atoms with Crippen LogP contribution < -0.4 is 5.73 Å². The summed E-state index contributed by atoms with van der Waals surface area (Å²) >= 11 is 0.567. The number of amidine groups is 1. The van der Waals surface area contributed by atoms with E-state index in [1.165, 1.54) is 12.3 Å². The Hall–Kier alpha value is -3.20. The van der Waals surface area contributed by atoms with Gasteiger partial charge in [0.05, 0.1) is 6.07 Å². The van der Waals surface area contributed by atoms with Crippen molar-refractivity contribution in [1.29, 1.82) is 0 Å². The van der Waals surface area contributed by atoms with Crippen molar-refractivity contribution in [1.82, 2.24) is 0 Å². The SMILES string of the molecule is N/C(=N/N=C/C=C/c1ccccc1)SC(=O)c1ccc([N+](=O)[O-])o1. The molecule has 0 unspecified atom stereocenters. The highest BCUT2D eigenvalue weighted by Gasteiger charge is 2.18. The minimum Gasteiger partial charge on any atom is -0.396 e. The van der Waals surface area contributed by atoms with Crippen molar-refractivity contribution in [3.63, 3.8) is 0 Å². The number of thioether (sulfide) groups is 1. The Morgan fingerprint density at radius 3 is 2.67 bits per heavy atom. The first-order valence-corrected chi connectivity index (χ1v) is 7.42. The highest BCUT2D eigenvalue weighted by Crippen LogP contribution is 2.20. The second-order valence-electron chi connectivity index (χ2n) is 4.26. The summed E-state index contributed by atoms with van der Waals surface area (Å²) in [6.07, 6.45) is 4.92. The van der Waals surface area contributed by atoms with E-state index in [0.717, 1.165) is 11.6 Å². The zero-order valence-electron chi connectivity index (χ0n) is 12.2. The highest BCUT2D eigenvalue weighted by atomic mass is 32.2. The molecule has 0 aliphatic heterocycles. The van der Waals surface area contributed by atoms with E-state index in [0.29, 0.717) is 11.8 Å². The van der Waals surface area contributed by atoms with Crippen molar-refractivity contribution in [2.24, 2.45) is 15.9 Å². The quantitative estimate of drug-likeness (QED) is 0.385. The van der Waals surface area contributed by atoms with E-state index in [9.17, 15) is 14.9 Å². The first-order chi connectivity index (χ1) is 11.6. The standard InChI is InChI=1S/C15H12N4O4S/c16-15(18-17-10-4-7-11-5-2-1-3-6-11)24-14(20)12-8-9-13(23-12)19(21)22/h1-10H,(H2,16,18)/b7-4+,17-10+. The predicted octanol–water partition coefficient (Wildman–Crippen LogP) is 3.08. The summed E-state index contributed by atoms with van der Waals surface area (Å²) in [6, 6.07) is 11.9. The number of furan rings is 1. The molecule has 2 aromatic rings. The largest absolute Gasteiger partial charge is 0.433 e. The van der Waals surface area contributed by atoms with Crippen LogP contribution in [0.3, 0.4) is 0 Å². The summed E-state index contributed by atoms with van der Waals surface area (Å²) in [6.45, 7) is 0. The lowest BCUT2D eigenvalue weighted by molar-refractivity contribution is -0.402. The Morgan fingerprint density at radius 2 is 2.00 bits per heavy atom. The summed E-state index contributed by atoms with van der Waals surface area (Å²) < 4.78 is 4.77. The van der Waals surface area contributed by atoms with Crippen LogP contribution in [0.2, 0.25) is 0 Å². The molecular weight excluding hydrogens is 332 g/mol. The van der Waals surface area contributed by atoms with Crippen molar-refractivity contribution in [2.75, 3.05) is 0 Å². The van der Waals surface area contributed by atoms with Crippen LogP contribution in [-0.2, 0) is 0 Å². The monoisotopic (exact) mass is 344 g/mol. The maximum atomic E-state index is 11.8. The second-order valence-corrected chi connectivity index (χ2v) is 5.25. The van der Waals surface area contributed by atoms with Crippen LogP contribution >= 0.6 is 11.8 Å². The molecular formula is C15H12N4O4S. The molecule has 2 N–H and O–H groups in total. The van der Waals surface area contributed by atoms with E-state index >= 15 is 0 Å². The number of hydrogen-bond acceptors (Lipinski definition) is 7. The van der Waals surface area contributed by atoms with Gasteiger partial charge in [0.2, 0.25) is 0 Å². The van der Waals surface area contributed by atoms with Gasteiger partial charge in [0.15, 0.2) is 10.9 Å². The molecule has 1 aromatic heterocycles. The topological polar surface area (TPSA) is 124 Å². The van der Waals surface area contributed by atoms with Gasteiger partial charge in [-0.1, -0.05) is 36.4 Å². The van der Waals surface area contributed by atoms with E-state index in [-0.39, 0.29) is 10.9 Å². The van der Waals surface area contributed by atoms with Gasteiger partial charge in [0, 0.05) is 6.21 Å². The molecule has 0 saturated heterocycles. The zero-order valence-corrected chi connectivity index (χ0v) is 13.1. The van der Waals surface area contributed by atoms with Crippen molar-refractivity contribution in [3.05, 3.63) is 70.0 Å². The number of nitrogens with two attached hydrogens (primary N) is 1. The van der Waals surface area contributed by atoms with Crippen molar-refractivity contribution in [2.45, 2.75) is 0 Å². The Labute approximate surface area is 140 Å². The molecule has 0 spiro atoms. The van der Waals surface area contributed by atoms with Gasteiger partial charge in [-0.2, -0.15) is 5.10 Å². The number of nitrogens with zero attached hydrogens (tertiary/aromatic N) is 3. The molecule has 8 nitrogen and oxygen atoms in total. The number of benzene rings is 1. The third kappa shape index (κ3) is 5.21. The van der Waals surface area contributed by atoms with E-state index in [2.05, 4.69) is 10.2 Å². The second kappa shape index (κ2) is 8.44. The summed E-state index contributed by atoms with van der Waals surface area (Å²) in [5.41, 5.74) is 6.56. The normalized spacial score (nSPS) is 12.1. The third-order valence-electron chi connectivity index (χ3n) is 2.57. The third-order valence-corrected chi connectivity index (χ3v) is 3.24. The molecule has 0 saturated carbocycles. The van der Waals surface area contributed by atoms with Crippen LogP contribution in [0.1, 0.15) is 16.1 Å². The molecule has 0 fully saturated rings. The maximum Gasteiger partial charge on any atom is 0.433 e. The number of carbonyl (C=O) groups excluding carboxylic acids is 1. The van der Waals surface area contributed by atoms with Crippen LogP contribution in [0.5, 0.6) is 0 Å². The predicted molar refractivity (Wildman–Crippen MR) is 92.9 cm³/mol. The first-order valence-electron chi connectivity index (χ1n) is 6.61. The molecule has 0 aliphatic rings. The van der Waals surface area contributed by atoms with Crippen molar-refractivity contribution >= 4 is 40.2 Å². The van der Waals surface area contributed by atoms with Crippen molar-refractivity contribution < 1.29 is 14.1 Å². The maximum absolute atomic E-state index is 11.8. The summed E-state index contributed by atoms with van der Waals surface area (Å²) in [4.78, 5) is 21.5. The number of nitro groups is 1. The van der Waals surface area contributed by atoms with Gasteiger partial charge in [0.25, 0.3) is 5.12 Å². The fourth-order valence-corrected chi connectivity index (χ4v) is 2.04. The lowest BCUT2D eigenvalue weighted by Gasteiger charge is -1.94. The number of rotatable bonds is 5. The summed E-state index contributed by atoms with van der Waals surface area (Å²) in [5.74, 6) is -0.698. The van der Waals surface area contributed by atoms with Crippen LogP contribution in [0.15, 0.2) is 63.2 Å². The van der Waals surface area contributed by atoms with Gasteiger partial charge in [-0.25, -0.2) is 0 Å². The lowest BCUT2D eigenvalue weighted by atomic mass is 10.2. The summed E-state index contributed by atoms with van der Waals surface area (Å²) in [5, 5.41) is 17.1. The van der Waals surface area contributed by atoms with Gasteiger partial charge < -0.3 is 10.2 Å². The van der Waals surface area contributed by atoms with Crippen LogP contribution in [0, 0.1) is 10.1 Å². The Kier molecular flexibility index (Phi) is 6.03. The fourth-order valence-electron chi connectivity index (χ4n) is 1.55. The van der Waals surface area contributed by atoms with E-state index in [1.54, 1.807) is 6.08 Å². The Morgan fingerprint density at radius 1 is 1.25 bits per heavy atom. The fraction of sp³-hybridized carbons (Fsp3) is 0. The van der Waals surface area contributed by atoms with Crippen LogP contribution in [-0.4, -0.2) is 21.4 Å². The zero-order chi connectivity index (χ0) is 17.4. The highest BCUT2D eigenvalue weighted by molar-refractivity contribution is 8.26. The van der Waals surface area contributed by atoms with E-state index < -0.39 is 15.9 Å². The van der Waals surface area contributed by atoms with Crippen LogP contribution in [0.4, 0.5) is 5.88 Å². The lowest BCUT2D eigenvalue weighted by Crippen LogP contribution is -2.09. The van der Waals surface area contributed by atoms with Crippen LogP contribution in [0.25, 0.3) is 6.08 Å². The number of hydrogen-bond donors (Lipinski definition) is 1. The molecule has 9 heteroatoms. The molecule has 0 radical (unpaired) electrons. The van der Waals surface area contributed by atoms with Gasteiger partial charge >= 0.3 is 5.88 Å². The van der Waals surface area contributed by atoms with Gasteiger partial charge in [-0.15, -0.1) is 5.10 Å². The minimum atomic E-state index is -0.734. The van der Waals surface area contributed by atoms with Crippen molar-refractivity contribution in [3.8, 4) is 0 Å². The molecule has 0 bridgehead atoms. The van der Waals surface area contributed by atoms with E-state index in [4.69, 9.17) is 10.2 Å². The molecule has 122 valence electrons. The Bertz CT molecular complexity index is 812. The molecule has 2 rings (SSSR count). The average molecular weight is 344 g/mol. The molecule has 0 atom stereocenters. The molecule has 1 heterocycles. The Balaban J connectivity index is 1.88. The smallest absolute Gasteiger partial charge is 0.396 e. The minimum absolute atomic E-state index is 0.108. The molecule has 24 heavy (non-hydrogen) atoms. The first kappa shape index (κ1) is 17.2. The molecule has 0 amide bonds.